The lowest BCUT2D eigenvalue weighted by Gasteiger charge is -2.07. The van der Waals surface area contributed by atoms with Crippen molar-refractivity contribution in [2.24, 2.45) is 5.10 Å². The number of H-pyrrole nitrogens is 1. The number of nitrogens with one attached hydrogen (secondary N) is 2. The Balaban J connectivity index is 1.57. The molecule has 0 spiro atoms. The molecular formula is C20H20N6O. The number of aryl methyl sites for hydroxylation is 1. The van der Waals surface area contributed by atoms with Gasteiger partial charge in [0.05, 0.1) is 18.3 Å². The summed E-state index contributed by atoms with van der Waals surface area (Å²) in [6.07, 6.45) is 2.64. The number of para-hydroxylation sites is 2. The molecule has 27 heavy (non-hydrogen) atoms. The third kappa shape index (κ3) is 3.44. The normalized spacial score (nSPS) is 11.5. The fourth-order valence-corrected chi connectivity index (χ4v) is 2.88. The molecule has 0 saturated heterocycles. The minimum absolute atomic E-state index is 0.329. The molecule has 0 amide bonds. The van der Waals surface area contributed by atoms with Crippen molar-refractivity contribution in [1.82, 2.24) is 20.2 Å². The minimum Gasteiger partial charge on any atom is -0.493 e. The van der Waals surface area contributed by atoms with Gasteiger partial charge in [0, 0.05) is 10.9 Å². The van der Waals surface area contributed by atoms with Crippen molar-refractivity contribution in [2.75, 3.05) is 12.0 Å². The van der Waals surface area contributed by atoms with Crippen LogP contribution in [0.3, 0.4) is 0 Å². The molecule has 2 heterocycles. The largest absolute Gasteiger partial charge is 0.493 e. The number of hydrazone groups is 1. The summed E-state index contributed by atoms with van der Waals surface area (Å²) in [6.45, 7) is 4.79. The van der Waals surface area contributed by atoms with Gasteiger partial charge in [0.2, 0.25) is 0 Å². The average Bonchev–Trinajstić information content (AvgIpc) is 3.06. The molecule has 0 fully saturated rings. The maximum Gasteiger partial charge on any atom is 0.265 e. The summed E-state index contributed by atoms with van der Waals surface area (Å²) >= 11 is 0. The van der Waals surface area contributed by atoms with Crippen LogP contribution in [-0.4, -0.2) is 33.0 Å². The number of aromatic amines is 1. The molecule has 0 radical (unpaired) electrons. The summed E-state index contributed by atoms with van der Waals surface area (Å²) < 4.78 is 5.72. The first-order valence-corrected chi connectivity index (χ1v) is 8.89. The third-order valence-corrected chi connectivity index (χ3v) is 4.21. The zero-order chi connectivity index (χ0) is 18.6. The Morgan fingerprint density at radius 3 is 2.93 bits per heavy atom. The Morgan fingerprint density at radius 2 is 2.04 bits per heavy atom. The molecule has 2 N–H and O–H groups in total. The van der Waals surface area contributed by atoms with E-state index in [1.54, 1.807) is 6.21 Å². The van der Waals surface area contributed by atoms with Crippen LogP contribution in [0.1, 0.15) is 24.5 Å². The van der Waals surface area contributed by atoms with Gasteiger partial charge in [-0.3, -0.25) is 0 Å². The predicted molar refractivity (Wildman–Crippen MR) is 107 cm³/mol. The highest BCUT2D eigenvalue weighted by atomic mass is 16.5. The molecule has 0 bridgehead atoms. The van der Waals surface area contributed by atoms with Gasteiger partial charge >= 0.3 is 0 Å². The molecule has 2 aromatic heterocycles. The van der Waals surface area contributed by atoms with Gasteiger partial charge in [-0.25, -0.2) is 5.43 Å². The van der Waals surface area contributed by atoms with Gasteiger partial charge in [0.25, 0.3) is 5.95 Å². The number of hydrogen-bond donors (Lipinski definition) is 2. The van der Waals surface area contributed by atoms with Gasteiger partial charge in [-0.15, -0.1) is 10.2 Å². The molecule has 0 aliphatic carbocycles. The lowest BCUT2D eigenvalue weighted by atomic mass is 10.1. The van der Waals surface area contributed by atoms with Gasteiger partial charge in [-0.1, -0.05) is 37.3 Å². The topological polar surface area (TPSA) is 88.1 Å². The molecule has 0 aliphatic heterocycles. The molecule has 136 valence electrons. The van der Waals surface area contributed by atoms with E-state index in [2.05, 4.69) is 37.6 Å². The Morgan fingerprint density at radius 1 is 1.15 bits per heavy atom. The van der Waals surface area contributed by atoms with Crippen LogP contribution in [-0.2, 0) is 0 Å². The standard InChI is InChI=1S/C20H20N6O/c1-3-11-27-16-10-5-4-8-14(16)12-21-25-20-23-19-18(24-26-20)15-9-6-7-13(2)17(15)22-19/h4-10,12H,3,11H2,1-2H3,(H2,22,23,25,26)/b21-12+. The van der Waals surface area contributed by atoms with Gasteiger partial charge in [-0.2, -0.15) is 10.1 Å². The number of aromatic nitrogens is 4. The van der Waals surface area contributed by atoms with Gasteiger partial charge in [0.1, 0.15) is 11.3 Å². The number of hydrogen-bond acceptors (Lipinski definition) is 6. The molecule has 7 nitrogen and oxygen atoms in total. The van der Waals surface area contributed by atoms with E-state index in [1.807, 2.05) is 49.4 Å². The van der Waals surface area contributed by atoms with Gasteiger partial charge in [-0.05, 0) is 31.0 Å². The van der Waals surface area contributed by atoms with Crippen molar-refractivity contribution in [1.29, 1.82) is 0 Å². The highest BCUT2D eigenvalue weighted by Gasteiger charge is 2.10. The Bertz CT molecular complexity index is 1120. The van der Waals surface area contributed by atoms with E-state index in [4.69, 9.17) is 4.74 Å². The van der Waals surface area contributed by atoms with Crippen molar-refractivity contribution in [3.05, 3.63) is 53.6 Å². The second-order valence-corrected chi connectivity index (χ2v) is 6.21. The number of fused-ring (bicyclic) bond motifs is 3. The van der Waals surface area contributed by atoms with Crippen molar-refractivity contribution in [3.63, 3.8) is 0 Å². The van der Waals surface area contributed by atoms with Crippen LogP contribution in [0.15, 0.2) is 47.6 Å². The van der Waals surface area contributed by atoms with Crippen molar-refractivity contribution < 1.29 is 4.74 Å². The maximum absolute atomic E-state index is 5.72. The number of benzene rings is 2. The maximum atomic E-state index is 5.72. The quantitative estimate of drug-likeness (QED) is 0.400. The Labute approximate surface area is 156 Å². The van der Waals surface area contributed by atoms with Crippen LogP contribution in [0, 0.1) is 6.92 Å². The number of rotatable bonds is 6. The number of nitrogens with zero attached hydrogens (tertiary/aromatic N) is 4. The van der Waals surface area contributed by atoms with Crippen LogP contribution in [0.4, 0.5) is 5.95 Å². The zero-order valence-corrected chi connectivity index (χ0v) is 15.2. The predicted octanol–water partition coefficient (Wildman–Crippen LogP) is 4.05. The summed E-state index contributed by atoms with van der Waals surface area (Å²) in [6, 6.07) is 13.8. The monoisotopic (exact) mass is 360 g/mol. The second kappa shape index (κ2) is 7.41. The van der Waals surface area contributed by atoms with Crippen molar-refractivity contribution in [2.45, 2.75) is 20.3 Å². The highest BCUT2D eigenvalue weighted by molar-refractivity contribution is 6.04. The van der Waals surface area contributed by atoms with Gasteiger partial charge < -0.3 is 9.72 Å². The molecule has 0 atom stereocenters. The summed E-state index contributed by atoms with van der Waals surface area (Å²) in [4.78, 5) is 7.77. The van der Waals surface area contributed by atoms with Crippen LogP contribution in [0.25, 0.3) is 22.1 Å². The van der Waals surface area contributed by atoms with E-state index in [1.165, 1.54) is 0 Å². The SMILES string of the molecule is CCCOc1ccccc1/C=N/Nc1nnc2c(n1)[nH]c1c(C)cccc12. The smallest absolute Gasteiger partial charge is 0.265 e. The van der Waals surface area contributed by atoms with E-state index >= 15 is 0 Å². The molecule has 0 unspecified atom stereocenters. The molecule has 4 aromatic rings. The molecule has 2 aromatic carbocycles. The summed E-state index contributed by atoms with van der Waals surface area (Å²) in [5, 5.41) is 13.7. The van der Waals surface area contributed by atoms with E-state index in [0.717, 1.165) is 39.7 Å². The highest BCUT2D eigenvalue weighted by Crippen LogP contribution is 2.24. The van der Waals surface area contributed by atoms with Crippen molar-refractivity contribution in [3.8, 4) is 5.75 Å². The fourth-order valence-electron chi connectivity index (χ4n) is 2.88. The molecular weight excluding hydrogens is 340 g/mol. The fraction of sp³-hybridized carbons (Fsp3) is 0.200. The first-order chi connectivity index (χ1) is 13.3. The van der Waals surface area contributed by atoms with E-state index in [-0.39, 0.29) is 0 Å². The molecule has 0 saturated carbocycles. The summed E-state index contributed by atoms with van der Waals surface area (Å²) in [5.41, 5.74) is 7.32. The van der Waals surface area contributed by atoms with Crippen molar-refractivity contribution >= 4 is 34.2 Å². The lowest BCUT2D eigenvalue weighted by Crippen LogP contribution is -2.01. The number of anilines is 1. The first-order valence-electron chi connectivity index (χ1n) is 8.89. The number of ether oxygens (including phenoxy) is 1. The zero-order valence-electron chi connectivity index (χ0n) is 15.2. The van der Waals surface area contributed by atoms with Crippen LogP contribution in [0.5, 0.6) is 5.75 Å². The van der Waals surface area contributed by atoms with Crippen LogP contribution >= 0.6 is 0 Å². The van der Waals surface area contributed by atoms with E-state index in [0.29, 0.717) is 18.2 Å². The van der Waals surface area contributed by atoms with Crippen LogP contribution < -0.4 is 10.2 Å². The van der Waals surface area contributed by atoms with Gasteiger partial charge in [0.15, 0.2) is 5.65 Å². The lowest BCUT2D eigenvalue weighted by molar-refractivity contribution is 0.317. The van der Waals surface area contributed by atoms with Crippen LogP contribution in [0.2, 0.25) is 0 Å². The third-order valence-electron chi connectivity index (χ3n) is 4.21. The second-order valence-electron chi connectivity index (χ2n) is 6.21. The average molecular weight is 360 g/mol. The summed E-state index contributed by atoms with van der Waals surface area (Å²) in [7, 11) is 0. The van der Waals surface area contributed by atoms with E-state index < -0.39 is 0 Å². The Kier molecular flexibility index (Phi) is 4.65. The minimum atomic E-state index is 0.329. The first kappa shape index (κ1) is 17.0. The van der Waals surface area contributed by atoms with E-state index in [9.17, 15) is 0 Å². The molecule has 7 heteroatoms. The molecule has 0 aliphatic rings. The molecule has 4 rings (SSSR count). The Hall–Kier alpha value is -3.48. The summed E-state index contributed by atoms with van der Waals surface area (Å²) in [5.74, 6) is 1.13.